The number of fused-ring (bicyclic) bond motifs is 1. The molecular weight excluding hydrogens is 258 g/mol. The Morgan fingerprint density at radius 2 is 1.71 bits per heavy atom. The van der Waals surface area contributed by atoms with Crippen molar-refractivity contribution in [2.75, 3.05) is 6.54 Å². The lowest BCUT2D eigenvalue weighted by Crippen LogP contribution is -2.27. The van der Waals surface area contributed by atoms with E-state index in [1.165, 1.54) is 27.8 Å². The highest BCUT2D eigenvalue weighted by Crippen LogP contribution is 2.27. The van der Waals surface area contributed by atoms with Crippen LogP contribution in [0, 0.1) is 0 Å². The van der Waals surface area contributed by atoms with E-state index >= 15 is 0 Å². The largest absolute Gasteiger partial charge is 0.372 e. The molecule has 2 heteroatoms. The van der Waals surface area contributed by atoms with E-state index in [0.29, 0.717) is 6.04 Å². The van der Waals surface area contributed by atoms with Crippen molar-refractivity contribution in [3.63, 3.8) is 0 Å². The van der Waals surface area contributed by atoms with E-state index in [1.54, 1.807) is 0 Å². The van der Waals surface area contributed by atoms with Gasteiger partial charge in [0, 0.05) is 6.04 Å². The quantitative estimate of drug-likeness (QED) is 0.896. The van der Waals surface area contributed by atoms with Gasteiger partial charge in [0.1, 0.15) is 0 Å². The molecule has 0 spiro atoms. The third-order valence-electron chi connectivity index (χ3n) is 4.10. The predicted molar refractivity (Wildman–Crippen MR) is 87.2 cm³/mol. The second-order valence-corrected chi connectivity index (χ2v) is 5.84. The van der Waals surface area contributed by atoms with E-state index in [2.05, 4.69) is 61.6 Å². The number of likely N-dealkylation sites (N-methyl/N-ethyl adjacent to an activating group) is 1. The fourth-order valence-corrected chi connectivity index (χ4v) is 2.96. The molecule has 1 atom stereocenters. The van der Waals surface area contributed by atoms with Crippen LogP contribution < -0.4 is 5.32 Å². The topological polar surface area (TPSA) is 21.3 Å². The first-order valence-corrected chi connectivity index (χ1v) is 7.78. The minimum absolute atomic E-state index is 0.526. The molecule has 0 aliphatic carbocycles. The standard InChI is InChI=1S/C19H23NO/c1-3-20-14(2)10-15-4-6-16(7-5-15)17-8-9-18-12-21-13-19(18)11-17/h4-9,11,14,20H,3,10,12-13H2,1-2H3. The van der Waals surface area contributed by atoms with E-state index in [4.69, 9.17) is 4.74 Å². The minimum Gasteiger partial charge on any atom is -0.372 e. The SMILES string of the molecule is CCNC(C)Cc1ccc(-c2ccc3c(c2)COC3)cc1. The van der Waals surface area contributed by atoms with Crippen molar-refractivity contribution in [1.82, 2.24) is 5.32 Å². The number of ether oxygens (including phenoxy) is 1. The average molecular weight is 281 g/mol. The van der Waals surface area contributed by atoms with Crippen LogP contribution in [0.3, 0.4) is 0 Å². The highest BCUT2D eigenvalue weighted by Gasteiger charge is 2.11. The molecule has 1 aliphatic rings. The van der Waals surface area contributed by atoms with Gasteiger partial charge in [-0.15, -0.1) is 0 Å². The highest BCUT2D eigenvalue weighted by atomic mass is 16.5. The molecule has 21 heavy (non-hydrogen) atoms. The first kappa shape index (κ1) is 14.3. The first-order valence-electron chi connectivity index (χ1n) is 7.78. The Labute approximate surface area is 127 Å². The molecule has 2 aromatic carbocycles. The minimum atomic E-state index is 0.526. The van der Waals surface area contributed by atoms with Gasteiger partial charge in [-0.1, -0.05) is 43.3 Å². The van der Waals surface area contributed by atoms with Crippen LogP contribution in [0.4, 0.5) is 0 Å². The molecule has 3 rings (SSSR count). The van der Waals surface area contributed by atoms with Crippen molar-refractivity contribution < 1.29 is 4.74 Å². The van der Waals surface area contributed by atoms with Crippen molar-refractivity contribution in [1.29, 1.82) is 0 Å². The smallest absolute Gasteiger partial charge is 0.0725 e. The molecule has 0 bridgehead atoms. The molecule has 0 saturated heterocycles. The van der Waals surface area contributed by atoms with E-state index in [-0.39, 0.29) is 0 Å². The maximum atomic E-state index is 5.48. The van der Waals surface area contributed by atoms with Gasteiger partial charge in [-0.3, -0.25) is 0 Å². The van der Waals surface area contributed by atoms with Crippen molar-refractivity contribution in [3.05, 3.63) is 59.2 Å². The third kappa shape index (κ3) is 3.34. The molecule has 110 valence electrons. The summed E-state index contributed by atoms with van der Waals surface area (Å²) < 4.78 is 5.48. The number of nitrogens with one attached hydrogen (secondary N) is 1. The van der Waals surface area contributed by atoms with Crippen molar-refractivity contribution in [3.8, 4) is 11.1 Å². The Balaban J connectivity index is 1.75. The zero-order chi connectivity index (χ0) is 14.7. The van der Waals surface area contributed by atoms with Crippen LogP contribution >= 0.6 is 0 Å². The average Bonchev–Trinajstić information content (AvgIpc) is 2.95. The highest BCUT2D eigenvalue weighted by molar-refractivity contribution is 5.65. The van der Waals surface area contributed by atoms with Gasteiger partial charge in [0.05, 0.1) is 13.2 Å². The van der Waals surface area contributed by atoms with E-state index < -0.39 is 0 Å². The summed E-state index contributed by atoms with van der Waals surface area (Å²) in [5.74, 6) is 0. The summed E-state index contributed by atoms with van der Waals surface area (Å²) in [6.45, 7) is 6.92. The maximum absolute atomic E-state index is 5.48. The zero-order valence-corrected chi connectivity index (χ0v) is 12.9. The van der Waals surface area contributed by atoms with Gasteiger partial charge in [-0.05, 0) is 53.8 Å². The van der Waals surface area contributed by atoms with E-state index in [0.717, 1.165) is 26.2 Å². The van der Waals surface area contributed by atoms with Gasteiger partial charge < -0.3 is 10.1 Å². The molecule has 0 amide bonds. The van der Waals surface area contributed by atoms with Crippen LogP contribution in [0.15, 0.2) is 42.5 Å². The summed E-state index contributed by atoms with van der Waals surface area (Å²) in [7, 11) is 0. The van der Waals surface area contributed by atoms with Gasteiger partial charge in [-0.25, -0.2) is 0 Å². The zero-order valence-electron chi connectivity index (χ0n) is 12.9. The molecule has 1 N–H and O–H groups in total. The summed E-state index contributed by atoms with van der Waals surface area (Å²) >= 11 is 0. The van der Waals surface area contributed by atoms with Crippen LogP contribution in [-0.4, -0.2) is 12.6 Å². The molecule has 2 aromatic rings. The lowest BCUT2D eigenvalue weighted by Gasteiger charge is -2.12. The normalized spacial score (nSPS) is 15.0. The molecule has 1 heterocycles. The molecule has 1 aliphatic heterocycles. The summed E-state index contributed by atoms with van der Waals surface area (Å²) in [6, 6.07) is 16.1. The Hall–Kier alpha value is -1.64. The number of hydrogen-bond acceptors (Lipinski definition) is 2. The van der Waals surface area contributed by atoms with Gasteiger partial charge in [0.15, 0.2) is 0 Å². The van der Waals surface area contributed by atoms with E-state index in [1.807, 2.05) is 0 Å². The fourth-order valence-electron chi connectivity index (χ4n) is 2.96. The Kier molecular flexibility index (Phi) is 4.37. The lowest BCUT2D eigenvalue weighted by atomic mass is 9.98. The Morgan fingerprint density at radius 3 is 2.48 bits per heavy atom. The molecule has 1 unspecified atom stereocenters. The molecule has 2 nitrogen and oxygen atoms in total. The molecule has 0 radical (unpaired) electrons. The summed E-state index contributed by atoms with van der Waals surface area (Å²) in [6.07, 6.45) is 1.08. The van der Waals surface area contributed by atoms with Gasteiger partial charge in [0.25, 0.3) is 0 Å². The number of hydrogen-bond donors (Lipinski definition) is 1. The van der Waals surface area contributed by atoms with Crippen molar-refractivity contribution >= 4 is 0 Å². The summed E-state index contributed by atoms with van der Waals surface area (Å²) in [4.78, 5) is 0. The fraction of sp³-hybridized carbons (Fsp3) is 0.368. The van der Waals surface area contributed by atoms with Crippen LogP contribution in [0.25, 0.3) is 11.1 Å². The molecule has 0 aromatic heterocycles. The molecule has 0 saturated carbocycles. The molecule has 0 fully saturated rings. The van der Waals surface area contributed by atoms with Gasteiger partial charge in [0.2, 0.25) is 0 Å². The maximum Gasteiger partial charge on any atom is 0.0725 e. The van der Waals surface area contributed by atoms with Crippen LogP contribution in [0.2, 0.25) is 0 Å². The lowest BCUT2D eigenvalue weighted by molar-refractivity contribution is 0.134. The van der Waals surface area contributed by atoms with Crippen LogP contribution in [0.5, 0.6) is 0 Å². The number of rotatable bonds is 5. The second kappa shape index (κ2) is 6.42. The van der Waals surface area contributed by atoms with E-state index in [9.17, 15) is 0 Å². The van der Waals surface area contributed by atoms with Gasteiger partial charge in [-0.2, -0.15) is 0 Å². The Bertz CT molecular complexity index is 603. The van der Waals surface area contributed by atoms with Crippen LogP contribution in [-0.2, 0) is 24.4 Å². The van der Waals surface area contributed by atoms with Crippen LogP contribution in [0.1, 0.15) is 30.5 Å². The molecular formula is C19H23NO. The van der Waals surface area contributed by atoms with Gasteiger partial charge >= 0.3 is 0 Å². The Morgan fingerprint density at radius 1 is 1.00 bits per heavy atom. The second-order valence-electron chi connectivity index (χ2n) is 5.84. The predicted octanol–water partition coefficient (Wildman–Crippen LogP) is 3.92. The van der Waals surface area contributed by atoms with Crippen molar-refractivity contribution in [2.24, 2.45) is 0 Å². The van der Waals surface area contributed by atoms with Crippen molar-refractivity contribution in [2.45, 2.75) is 39.5 Å². The number of benzene rings is 2. The first-order chi connectivity index (χ1) is 10.3. The third-order valence-corrected chi connectivity index (χ3v) is 4.10. The monoisotopic (exact) mass is 281 g/mol. The summed E-state index contributed by atoms with van der Waals surface area (Å²) in [5.41, 5.74) is 6.61. The summed E-state index contributed by atoms with van der Waals surface area (Å²) in [5, 5.41) is 3.45.